The predicted molar refractivity (Wildman–Crippen MR) is 77.7 cm³/mol. The van der Waals surface area contributed by atoms with Gasteiger partial charge in [0, 0.05) is 11.6 Å². The number of halogens is 1. The molecule has 1 aliphatic heterocycles. The van der Waals surface area contributed by atoms with Crippen LogP contribution >= 0.6 is 0 Å². The number of likely N-dealkylation sites (tertiary alicyclic amines) is 1. The molecule has 0 radical (unpaired) electrons. The van der Waals surface area contributed by atoms with Gasteiger partial charge in [-0.05, 0) is 25.3 Å². The summed E-state index contributed by atoms with van der Waals surface area (Å²) < 4.78 is 1.93. The van der Waals surface area contributed by atoms with Crippen LogP contribution in [0.5, 0.6) is 0 Å². The number of fused-ring (bicyclic) bond motifs is 1. The summed E-state index contributed by atoms with van der Waals surface area (Å²) in [7, 11) is 1.94. The van der Waals surface area contributed by atoms with Crippen molar-refractivity contribution < 1.29 is 38.1 Å². The van der Waals surface area contributed by atoms with Gasteiger partial charge in [-0.25, -0.2) is 4.57 Å². The highest BCUT2D eigenvalue weighted by Crippen LogP contribution is 2.41. The Labute approximate surface area is 148 Å². The lowest BCUT2D eigenvalue weighted by Crippen LogP contribution is -3.00. The van der Waals surface area contributed by atoms with E-state index in [1.807, 2.05) is 50.0 Å². The Bertz CT molecular complexity index is 641. The van der Waals surface area contributed by atoms with Gasteiger partial charge in [0.15, 0.2) is 12.4 Å². The quantitative estimate of drug-likeness (QED) is 0.260. The maximum absolute atomic E-state index is 12.6. The Kier molecular flexibility index (Phi) is 5.04. The summed E-state index contributed by atoms with van der Waals surface area (Å²) in [5.74, 6) is -0.186. The third kappa shape index (κ3) is 2.95. The number of pyridine rings is 1. The van der Waals surface area contributed by atoms with Gasteiger partial charge in [-0.3, -0.25) is 14.5 Å². The summed E-state index contributed by atoms with van der Waals surface area (Å²) in [6.07, 6.45) is 6.75. The minimum atomic E-state index is -0.168. The molecule has 0 aromatic carbocycles. The Morgan fingerprint density at radius 3 is 2.73 bits per heavy atom. The van der Waals surface area contributed by atoms with Crippen molar-refractivity contribution in [2.75, 3.05) is 0 Å². The molecule has 3 rings (SSSR count). The fraction of sp³-hybridized carbons (Fsp3) is 0.471. The average Bonchev–Trinajstić information content (AvgIpc) is 2.64. The normalized spacial score (nSPS) is 27.3. The number of nitrogens with zero attached hydrogens (tertiary/aromatic N) is 2. The van der Waals surface area contributed by atoms with Crippen molar-refractivity contribution in [3.05, 3.63) is 41.7 Å². The highest BCUT2D eigenvalue weighted by molar-refractivity contribution is 6.05. The van der Waals surface area contributed by atoms with Gasteiger partial charge >= 0.3 is 0 Å². The molecule has 0 spiro atoms. The molecule has 1 aromatic heterocycles. The summed E-state index contributed by atoms with van der Waals surface area (Å²) >= 11 is 0. The molecule has 2 heterocycles. The number of carbonyl (C=O) groups is 2. The number of aryl methyl sites for hydroxylation is 1. The monoisotopic (exact) mass is 412 g/mol. The van der Waals surface area contributed by atoms with E-state index < -0.39 is 0 Å². The van der Waals surface area contributed by atoms with Gasteiger partial charge in [-0.1, -0.05) is 18.6 Å². The van der Waals surface area contributed by atoms with Crippen molar-refractivity contribution in [2.45, 2.75) is 26.8 Å². The molecule has 2 aliphatic rings. The molecule has 0 saturated carbocycles. The summed E-state index contributed by atoms with van der Waals surface area (Å²) in [5, 5.41) is 0. The summed E-state index contributed by atoms with van der Waals surface area (Å²) in [6.45, 7) is 4.47. The number of imide groups is 1. The fourth-order valence-electron chi connectivity index (χ4n) is 3.67. The largest absolute Gasteiger partial charge is 1.00 e. The number of rotatable bonds is 2. The van der Waals surface area contributed by atoms with Crippen LogP contribution in [0.4, 0.5) is 0 Å². The minimum Gasteiger partial charge on any atom is -1.00 e. The Balaban J connectivity index is 0.00000176. The van der Waals surface area contributed by atoms with Crippen LogP contribution in [0.15, 0.2) is 36.2 Å². The highest BCUT2D eigenvalue weighted by atomic mass is 127. The number of aromatic nitrogens is 1. The zero-order chi connectivity index (χ0) is 15.1. The van der Waals surface area contributed by atoms with Crippen molar-refractivity contribution in [3.8, 4) is 0 Å². The lowest BCUT2D eigenvalue weighted by molar-refractivity contribution is -0.672. The zero-order valence-electron chi connectivity index (χ0n) is 13.1. The second kappa shape index (κ2) is 6.48. The SMILES string of the molecule is CC1=CC(C)C2C(=O)N(Cc3ccc[n+](C)c3)C(=O)C2C1.[I-]. The van der Waals surface area contributed by atoms with Gasteiger partial charge in [-0.2, -0.15) is 0 Å². The molecule has 1 fully saturated rings. The van der Waals surface area contributed by atoms with Crippen LogP contribution < -0.4 is 28.5 Å². The molecule has 118 valence electrons. The standard InChI is InChI=1S/C17H21N2O2.HI/c1-11-7-12(2)15-14(8-11)16(20)19(17(15)21)10-13-5-4-6-18(3)9-13;/h4-7,9,12,14-15H,8,10H2,1-3H3;1H/q+1;/p-1. The maximum Gasteiger partial charge on any atom is 0.234 e. The summed E-state index contributed by atoms with van der Waals surface area (Å²) in [4.78, 5) is 26.7. The first-order valence-electron chi connectivity index (χ1n) is 7.44. The topological polar surface area (TPSA) is 41.3 Å². The Morgan fingerprint density at radius 1 is 1.32 bits per heavy atom. The minimum absolute atomic E-state index is 0. The van der Waals surface area contributed by atoms with E-state index in [-0.39, 0.29) is 53.5 Å². The third-order valence-electron chi connectivity index (χ3n) is 4.57. The molecule has 1 aromatic rings. The average molecular weight is 412 g/mol. The number of hydrogen-bond acceptors (Lipinski definition) is 2. The van der Waals surface area contributed by atoms with E-state index in [1.54, 1.807) is 0 Å². The van der Waals surface area contributed by atoms with Gasteiger partial charge in [0.2, 0.25) is 11.8 Å². The van der Waals surface area contributed by atoms with Crippen LogP contribution in [0.2, 0.25) is 0 Å². The first kappa shape index (κ1) is 17.1. The fourth-order valence-corrected chi connectivity index (χ4v) is 3.67. The number of allylic oxidation sites excluding steroid dienone is 2. The molecule has 4 nitrogen and oxygen atoms in total. The molecule has 3 unspecified atom stereocenters. The molecule has 0 bridgehead atoms. The third-order valence-corrected chi connectivity index (χ3v) is 4.57. The zero-order valence-corrected chi connectivity index (χ0v) is 15.3. The smallest absolute Gasteiger partial charge is 0.234 e. The van der Waals surface area contributed by atoms with Crippen LogP contribution in [-0.4, -0.2) is 16.7 Å². The number of hydrogen-bond donors (Lipinski definition) is 0. The molecular weight excluding hydrogens is 391 g/mol. The molecule has 2 amide bonds. The first-order valence-corrected chi connectivity index (χ1v) is 7.44. The van der Waals surface area contributed by atoms with E-state index >= 15 is 0 Å². The second-order valence-electron chi connectivity index (χ2n) is 6.35. The van der Waals surface area contributed by atoms with Crippen molar-refractivity contribution in [1.82, 2.24) is 4.90 Å². The molecule has 22 heavy (non-hydrogen) atoms. The molecule has 0 N–H and O–H groups in total. The molecule has 3 atom stereocenters. The predicted octanol–water partition coefficient (Wildman–Crippen LogP) is -1.40. The second-order valence-corrected chi connectivity index (χ2v) is 6.35. The van der Waals surface area contributed by atoms with Crippen molar-refractivity contribution >= 4 is 11.8 Å². The number of carbonyl (C=O) groups excluding carboxylic acids is 2. The van der Waals surface area contributed by atoms with E-state index in [1.165, 1.54) is 10.5 Å². The van der Waals surface area contributed by atoms with Crippen LogP contribution in [0, 0.1) is 17.8 Å². The lowest BCUT2D eigenvalue weighted by Gasteiger charge is -2.25. The molecule has 1 aliphatic carbocycles. The van der Waals surface area contributed by atoms with E-state index in [2.05, 4.69) is 6.08 Å². The highest BCUT2D eigenvalue weighted by Gasteiger charge is 2.50. The Morgan fingerprint density at radius 2 is 2.05 bits per heavy atom. The van der Waals surface area contributed by atoms with Crippen LogP contribution in [0.1, 0.15) is 25.8 Å². The Hall–Kier alpha value is -1.24. The van der Waals surface area contributed by atoms with Crippen molar-refractivity contribution in [3.63, 3.8) is 0 Å². The summed E-state index contributed by atoms with van der Waals surface area (Å²) in [5.41, 5.74) is 2.20. The lowest BCUT2D eigenvalue weighted by atomic mass is 9.76. The van der Waals surface area contributed by atoms with Crippen molar-refractivity contribution in [1.29, 1.82) is 0 Å². The van der Waals surface area contributed by atoms with E-state index in [4.69, 9.17) is 0 Å². The van der Waals surface area contributed by atoms with Gasteiger partial charge in [0.05, 0.1) is 18.4 Å². The van der Waals surface area contributed by atoms with E-state index in [9.17, 15) is 9.59 Å². The first-order chi connectivity index (χ1) is 9.97. The van der Waals surface area contributed by atoms with Crippen LogP contribution in [0.25, 0.3) is 0 Å². The van der Waals surface area contributed by atoms with E-state index in [0.717, 1.165) is 12.0 Å². The maximum atomic E-state index is 12.6. The van der Waals surface area contributed by atoms with Gasteiger partial charge < -0.3 is 24.0 Å². The molecule has 5 heteroatoms. The molecular formula is C17H21IN2O2. The summed E-state index contributed by atoms with van der Waals surface area (Å²) in [6, 6.07) is 3.89. The van der Waals surface area contributed by atoms with Gasteiger partial charge in [0.25, 0.3) is 0 Å². The molecule has 1 saturated heterocycles. The van der Waals surface area contributed by atoms with E-state index in [0.29, 0.717) is 6.54 Å². The van der Waals surface area contributed by atoms with Gasteiger partial charge in [0.1, 0.15) is 7.05 Å². The van der Waals surface area contributed by atoms with Crippen LogP contribution in [-0.2, 0) is 23.2 Å². The van der Waals surface area contributed by atoms with Gasteiger partial charge in [-0.15, -0.1) is 0 Å². The van der Waals surface area contributed by atoms with Crippen molar-refractivity contribution in [2.24, 2.45) is 24.8 Å². The number of amides is 2. The van der Waals surface area contributed by atoms with Crippen LogP contribution in [0.3, 0.4) is 0 Å².